The van der Waals surface area contributed by atoms with Crippen LogP contribution in [0, 0.1) is 0 Å². The molecule has 1 aromatic carbocycles. The van der Waals surface area contributed by atoms with Gasteiger partial charge in [0.15, 0.2) is 9.84 Å². The number of hydrogen-bond acceptors (Lipinski definition) is 3. The lowest BCUT2D eigenvalue weighted by Crippen LogP contribution is -2.12. The molecule has 0 heterocycles. The van der Waals surface area contributed by atoms with Crippen molar-refractivity contribution in [3.05, 3.63) is 28.8 Å². The zero-order chi connectivity index (χ0) is 10.9. The van der Waals surface area contributed by atoms with Crippen molar-refractivity contribution < 1.29 is 13.2 Å². The Labute approximate surface area is 86.6 Å². The Kier molecular flexibility index (Phi) is 2.82. The van der Waals surface area contributed by atoms with Crippen LogP contribution in [-0.2, 0) is 9.84 Å². The summed E-state index contributed by atoms with van der Waals surface area (Å²) >= 11 is 5.65. The highest BCUT2D eigenvalue weighted by atomic mass is 35.5. The first-order valence-electron chi connectivity index (χ1n) is 3.62. The van der Waals surface area contributed by atoms with Crippen LogP contribution in [0.15, 0.2) is 23.1 Å². The Morgan fingerprint density at radius 2 is 2.00 bits per heavy atom. The maximum Gasteiger partial charge on any atom is 0.250 e. The highest BCUT2D eigenvalue weighted by Crippen LogP contribution is 2.19. The first kappa shape index (κ1) is 11.0. The van der Waals surface area contributed by atoms with Crippen molar-refractivity contribution in [3.8, 4) is 0 Å². The zero-order valence-corrected chi connectivity index (χ0v) is 8.89. The number of sulfone groups is 1. The summed E-state index contributed by atoms with van der Waals surface area (Å²) in [4.78, 5) is 10.9. The number of carbonyl (C=O) groups is 1. The molecule has 1 rings (SSSR count). The second-order valence-electron chi connectivity index (χ2n) is 2.78. The molecule has 0 fully saturated rings. The number of hydrogen-bond donors (Lipinski definition) is 1. The van der Waals surface area contributed by atoms with Crippen molar-refractivity contribution in [1.29, 1.82) is 0 Å². The smallest absolute Gasteiger partial charge is 0.250 e. The van der Waals surface area contributed by atoms with Crippen LogP contribution in [0.5, 0.6) is 0 Å². The van der Waals surface area contributed by atoms with Gasteiger partial charge in [0.1, 0.15) is 0 Å². The Morgan fingerprint density at radius 3 is 2.43 bits per heavy atom. The van der Waals surface area contributed by atoms with Crippen molar-refractivity contribution in [2.75, 3.05) is 6.26 Å². The van der Waals surface area contributed by atoms with Gasteiger partial charge >= 0.3 is 0 Å². The molecule has 4 nitrogen and oxygen atoms in total. The minimum absolute atomic E-state index is 0.00888. The number of primary amides is 1. The first-order chi connectivity index (χ1) is 6.32. The summed E-state index contributed by atoms with van der Waals surface area (Å²) in [5.41, 5.74) is 5.02. The van der Waals surface area contributed by atoms with E-state index in [1.54, 1.807) is 0 Å². The molecule has 0 bridgehead atoms. The number of nitrogens with two attached hydrogens (primary N) is 1. The van der Waals surface area contributed by atoms with E-state index in [0.29, 0.717) is 0 Å². The Bertz CT molecular complexity index is 481. The molecule has 0 atom stereocenters. The third-order valence-electron chi connectivity index (χ3n) is 1.63. The maximum absolute atomic E-state index is 11.1. The summed E-state index contributed by atoms with van der Waals surface area (Å²) in [6, 6.07) is 3.82. The molecule has 1 aromatic rings. The molecule has 0 saturated carbocycles. The molecular formula is C8H8ClNO3S. The van der Waals surface area contributed by atoms with E-state index in [4.69, 9.17) is 17.3 Å². The predicted molar refractivity (Wildman–Crippen MR) is 53.1 cm³/mol. The first-order valence-corrected chi connectivity index (χ1v) is 5.88. The van der Waals surface area contributed by atoms with Gasteiger partial charge in [0.05, 0.1) is 15.5 Å². The van der Waals surface area contributed by atoms with Crippen LogP contribution in [0.2, 0.25) is 5.02 Å². The van der Waals surface area contributed by atoms with Crippen molar-refractivity contribution in [2.45, 2.75) is 4.90 Å². The minimum Gasteiger partial charge on any atom is -0.366 e. The Balaban J connectivity index is 3.42. The maximum atomic E-state index is 11.1. The summed E-state index contributed by atoms with van der Waals surface area (Å²) in [7, 11) is -3.34. The van der Waals surface area contributed by atoms with Gasteiger partial charge in [0.2, 0.25) is 5.91 Å². The van der Waals surface area contributed by atoms with Crippen LogP contribution in [0.1, 0.15) is 10.4 Å². The topological polar surface area (TPSA) is 77.2 Å². The molecule has 0 aromatic heterocycles. The second-order valence-corrected chi connectivity index (χ2v) is 5.20. The average molecular weight is 234 g/mol. The number of amides is 1. The third-order valence-corrected chi connectivity index (χ3v) is 3.07. The lowest BCUT2D eigenvalue weighted by atomic mass is 10.2. The van der Waals surface area contributed by atoms with Crippen molar-refractivity contribution in [2.24, 2.45) is 5.73 Å². The fraction of sp³-hybridized carbons (Fsp3) is 0.125. The number of carbonyl (C=O) groups excluding carboxylic acids is 1. The van der Waals surface area contributed by atoms with Gasteiger partial charge in [0.25, 0.3) is 0 Å². The van der Waals surface area contributed by atoms with Crippen molar-refractivity contribution in [1.82, 2.24) is 0 Å². The quantitative estimate of drug-likeness (QED) is 0.822. The van der Waals surface area contributed by atoms with Gasteiger partial charge in [0, 0.05) is 6.26 Å². The molecule has 0 aliphatic rings. The molecular weight excluding hydrogens is 226 g/mol. The fourth-order valence-electron chi connectivity index (χ4n) is 0.924. The lowest BCUT2D eigenvalue weighted by molar-refractivity contribution is 0.1000. The van der Waals surface area contributed by atoms with E-state index < -0.39 is 15.7 Å². The monoisotopic (exact) mass is 233 g/mol. The van der Waals surface area contributed by atoms with Gasteiger partial charge in [-0.05, 0) is 18.2 Å². The van der Waals surface area contributed by atoms with E-state index in [0.717, 1.165) is 6.26 Å². The van der Waals surface area contributed by atoms with Gasteiger partial charge in [-0.3, -0.25) is 4.79 Å². The summed E-state index contributed by atoms with van der Waals surface area (Å²) in [5, 5.41) is 0.143. The predicted octanol–water partition coefficient (Wildman–Crippen LogP) is 0.842. The Morgan fingerprint density at radius 1 is 1.43 bits per heavy atom. The third kappa shape index (κ3) is 2.24. The van der Waals surface area contributed by atoms with E-state index in [2.05, 4.69) is 0 Å². The van der Waals surface area contributed by atoms with E-state index in [1.165, 1.54) is 18.2 Å². The van der Waals surface area contributed by atoms with E-state index in [1.807, 2.05) is 0 Å². The van der Waals surface area contributed by atoms with Gasteiger partial charge < -0.3 is 5.73 Å². The van der Waals surface area contributed by atoms with Crippen molar-refractivity contribution >= 4 is 27.3 Å². The van der Waals surface area contributed by atoms with Crippen LogP contribution >= 0.6 is 11.6 Å². The lowest BCUT2D eigenvalue weighted by Gasteiger charge is -2.02. The summed E-state index contributed by atoms with van der Waals surface area (Å²) in [6.07, 6.45) is 1.04. The largest absolute Gasteiger partial charge is 0.366 e. The molecule has 0 spiro atoms. The van der Waals surface area contributed by atoms with Crippen LogP contribution in [0.3, 0.4) is 0 Å². The molecule has 0 unspecified atom stereocenters. The number of benzene rings is 1. The number of rotatable bonds is 2. The highest BCUT2D eigenvalue weighted by molar-refractivity contribution is 7.90. The number of halogens is 1. The van der Waals surface area contributed by atoms with Crippen LogP contribution in [-0.4, -0.2) is 20.6 Å². The summed E-state index contributed by atoms with van der Waals surface area (Å²) < 4.78 is 22.2. The van der Waals surface area contributed by atoms with Gasteiger partial charge in [-0.1, -0.05) is 11.6 Å². The van der Waals surface area contributed by atoms with Gasteiger partial charge in [-0.2, -0.15) is 0 Å². The summed E-state index contributed by atoms with van der Waals surface area (Å²) in [5.74, 6) is -0.750. The molecule has 1 amide bonds. The molecule has 6 heteroatoms. The minimum atomic E-state index is -3.34. The molecule has 0 radical (unpaired) electrons. The van der Waals surface area contributed by atoms with E-state index >= 15 is 0 Å². The normalized spacial score (nSPS) is 11.3. The standard InChI is InChI=1S/C8H8ClNO3S/c1-14(12,13)5-2-3-7(9)6(4-5)8(10)11/h2-4H,1H3,(H2,10,11). The van der Waals surface area contributed by atoms with Crippen LogP contribution < -0.4 is 5.73 Å². The molecule has 2 N–H and O–H groups in total. The second kappa shape index (κ2) is 3.59. The zero-order valence-electron chi connectivity index (χ0n) is 7.32. The fourth-order valence-corrected chi connectivity index (χ4v) is 1.78. The highest BCUT2D eigenvalue weighted by Gasteiger charge is 2.12. The molecule has 76 valence electrons. The van der Waals surface area contributed by atoms with E-state index in [-0.39, 0.29) is 15.5 Å². The van der Waals surface area contributed by atoms with Crippen molar-refractivity contribution in [3.63, 3.8) is 0 Å². The van der Waals surface area contributed by atoms with Gasteiger partial charge in [-0.15, -0.1) is 0 Å². The van der Waals surface area contributed by atoms with Crippen LogP contribution in [0.25, 0.3) is 0 Å². The SMILES string of the molecule is CS(=O)(=O)c1ccc(Cl)c(C(N)=O)c1. The van der Waals surface area contributed by atoms with Crippen LogP contribution in [0.4, 0.5) is 0 Å². The molecule has 14 heavy (non-hydrogen) atoms. The van der Waals surface area contributed by atoms with Gasteiger partial charge in [-0.25, -0.2) is 8.42 Å². The molecule has 0 aliphatic carbocycles. The summed E-state index contributed by atoms with van der Waals surface area (Å²) in [6.45, 7) is 0. The Hall–Kier alpha value is -1.07. The molecule has 0 saturated heterocycles. The average Bonchev–Trinajstić information content (AvgIpc) is 2.02. The van der Waals surface area contributed by atoms with E-state index in [9.17, 15) is 13.2 Å². The molecule has 0 aliphatic heterocycles.